The molecule has 0 radical (unpaired) electrons. The van der Waals surface area contributed by atoms with Gasteiger partial charge in [0.2, 0.25) is 0 Å². The summed E-state index contributed by atoms with van der Waals surface area (Å²) in [6, 6.07) is 8.16. The molecule has 0 fully saturated rings. The highest BCUT2D eigenvalue weighted by Crippen LogP contribution is 2.30. The van der Waals surface area contributed by atoms with E-state index in [-0.39, 0.29) is 6.04 Å². The molecule has 5 heteroatoms. The predicted molar refractivity (Wildman–Crippen MR) is 81.4 cm³/mol. The Morgan fingerprint density at radius 1 is 1.39 bits per heavy atom. The van der Waals surface area contributed by atoms with Crippen LogP contribution in [0.3, 0.4) is 0 Å². The third-order valence-electron chi connectivity index (χ3n) is 2.52. The van der Waals surface area contributed by atoms with Gasteiger partial charge in [0.15, 0.2) is 0 Å². The van der Waals surface area contributed by atoms with E-state index >= 15 is 0 Å². The van der Waals surface area contributed by atoms with Crippen LogP contribution in [-0.2, 0) is 0 Å². The molecule has 2 rings (SSSR count). The zero-order valence-electron chi connectivity index (χ0n) is 9.99. The monoisotopic (exact) mass is 344 g/mol. The maximum absolute atomic E-state index is 6.01. The molecule has 2 aromatic rings. The van der Waals surface area contributed by atoms with Crippen LogP contribution in [0.2, 0.25) is 4.34 Å². The van der Waals surface area contributed by atoms with Gasteiger partial charge in [-0.05, 0) is 53.2 Å². The predicted octanol–water partition coefficient (Wildman–Crippen LogP) is 4.65. The van der Waals surface area contributed by atoms with Crippen LogP contribution >= 0.6 is 38.9 Å². The first-order valence-corrected chi connectivity index (χ1v) is 7.79. The maximum atomic E-state index is 6.01. The molecular formula is C13H14BrClN2S. The van der Waals surface area contributed by atoms with E-state index in [4.69, 9.17) is 11.6 Å². The fourth-order valence-electron chi connectivity index (χ4n) is 1.68. The van der Waals surface area contributed by atoms with Crippen LogP contribution in [0.1, 0.15) is 30.0 Å². The highest BCUT2D eigenvalue weighted by atomic mass is 79.9. The number of pyridine rings is 1. The summed E-state index contributed by atoms with van der Waals surface area (Å²) in [6.07, 6.45) is 2.91. The summed E-state index contributed by atoms with van der Waals surface area (Å²) in [5.41, 5.74) is 1.02. The standard InChI is InChI=1S/C13H14BrClN2S/c1-2-7-16-13(11-5-6-12(15)18-11)10-4-3-9(14)8-17-10/h3-6,8,13,16H,2,7H2,1H3. The lowest BCUT2D eigenvalue weighted by Gasteiger charge is -2.16. The number of hydrogen-bond donors (Lipinski definition) is 1. The Morgan fingerprint density at radius 3 is 2.78 bits per heavy atom. The Bertz CT molecular complexity index is 498. The number of rotatable bonds is 5. The van der Waals surface area contributed by atoms with Crippen molar-refractivity contribution in [1.29, 1.82) is 0 Å². The maximum Gasteiger partial charge on any atom is 0.0931 e. The summed E-state index contributed by atoms with van der Waals surface area (Å²) in [7, 11) is 0. The highest BCUT2D eigenvalue weighted by molar-refractivity contribution is 9.10. The molecule has 1 N–H and O–H groups in total. The topological polar surface area (TPSA) is 24.9 Å². The fraction of sp³-hybridized carbons (Fsp3) is 0.308. The molecule has 0 spiro atoms. The third-order valence-corrected chi connectivity index (χ3v) is 4.29. The van der Waals surface area contributed by atoms with Crippen molar-refractivity contribution in [3.8, 4) is 0 Å². The summed E-state index contributed by atoms with van der Waals surface area (Å²) in [6.45, 7) is 3.11. The third kappa shape index (κ3) is 3.54. The van der Waals surface area contributed by atoms with Crippen molar-refractivity contribution in [2.45, 2.75) is 19.4 Å². The number of thiophene rings is 1. The van der Waals surface area contributed by atoms with Gasteiger partial charge in [-0.3, -0.25) is 4.98 Å². The Morgan fingerprint density at radius 2 is 2.22 bits per heavy atom. The molecule has 2 aromatic heterocycles. The first-order valence-electron chi connectivity index (χ1n) is 5.80. The minimum absolute atomic E-state index is 0.121. The normalized spacial score (nSPS) is 12.6. The average Bonchev–Trinajstić information content (AvgIpc) is 2.78. The summed E-state index contributed by atoms with van der Waals surface area (Å²) < 4.78 is 1.80. The summed E-state index contributed by atoms with van der Waals surface area (Å²) in [5.74, 6) is 0. The number of hydrogen-bond acceptors (Lipinski definition) is 3. The van der Waals surface area contributed by atoms with Gasteiger partial charge >= 0.3 is 0 Å². The molecule has 96 valence electrons. The van der Waals surface area contributed by atoms with E-state index in [1.807, 2.05) is 24.4 Å². The van der Waals surface area contributed by atoms with Gasteiger partial charge in [-0.1, -0.05) is 18.5 Å². The largest absolute Gasteiger partial charge is 0.304 e. The number of nitrogens with zero attached hydrogens (tertiary/aromatic N) is 1. The van der Waals surface area contributed by atoms with Gasteiger partial charge in [0.1, 0.15) is 0 Å². The molecule has 2 nitrogen and oxygen atoms in total. The van der Waals surface area contributed by atoms with Crippen molar-refractivity contribution in [3.05, 3.63) is 49.8 Å². The van der Waals surface area contributed by atoms with Crippen molar-refractivity contribution in [2.24, 2.45) is 0 Å². The van der Waals surface area contributed by atoms with Gasteiger partial charge in [-0.25, -0.2) is 0 Å². The molecule has 0 aliphatic carbocycles. The molecule has 0 saturated heterocycles. The molecule has 1 atom stereocenters. The van der Waals surface area contributed by atoms with E-state index in [0.29, 0.717) is 0 Å². The molecule has 0 aromatic carbocycles. The van der Waals surface area contributed by atoms with Gasteiger partial charge in [0.05, 0.1) is 16.1 Å². The Kier molecular flexibility index (Phi) is 5.18. The smallest absolute Gasteiger partial charge is 0.0931 e. The molecule has 0 bridgehead atoms. The van der Waals surface area contributed by atoms with E-state index < -0.39 is 0 Å². The van der Waals surface area contributed by atoms with Crippen LogP contribution in [0.25, 0.3) is 0 Å². The van der Waals surface area contributed by atoms with E-state index in [1.165, 1.54) is 4.88 Å². The van der Waals surface area contributed by atoms with Crippen molar-refractivity contribution in [1.82, 2.24) is 10.3 Å². The van der Waals surface area contributed by atoms with E-state index in [0.717, 1.165) is 27.5 Å². The van der Waals surface area contributed by atoms with Gasteiger partial charge in [-0.2, -0.15) is 0 Å². The lowest BCUT2D eigenvalue weighted by atomic mass is 10.1. The average molecular weight is 346 g/mol. The molecule has 1 unspecified atom stereocenters. The minimum atomic E-state index is 0.121. The second-order valence-corrected chi connectivity index (χ2v) is 6.59. The van der Waals surface area contributed by atoms with Crippen molar-refractivity contribution >= 4 is 38.9 Å². The van der Waals surface area contributed by atoms with Crippen LogP contribution in [0.15, 0.2) is 34.9 Å². The van der Waals surface area contributed by atoms with E-state index in [1.54, 1.807) is 11.3 Å². The van der Waals surface area contributed by atoms with Gasteiger partial charge in [0.25, 0.3) is 0 Å². The Hall–Kier alpha value is -0.420. The van der Waals surface area contributed by atoms with E-state index in [9.17, 15) is 0 Å². The molecule has 18 heavy (non-hydrogen) atoms. The van der Waals surface area contributed by atoms with Gasteiger partial charge < -0.3 is 5.32 Å². The number of aromatic nitrogens is 1. The Balaban J connectivity index is 2.27. The minimum Gasteiger partial charge on any atom is -0.304 e. The highest BCUT2D eigenvalue weighted by Gasteiger charge is 2.16. The molecule has 0 saturated carbocycles. The van der Waals surface area contributed by atoms with Crippen molar-refractivity contribution in [2.75, 3.05) is 6.54 Å². The Labute approximate surface area is 125 Å². The molecule has 0 amide bonds. The van der Waals surface area contributed by atoms with Crippen LogP contribution in [0, 0.1) is 0 Å². The molecule has 2 heterocycles. The van der Waals surface area contributed by atoms with Crippen molar-refractivity contribution < 1.29 is 0 Å². The zero-order valence-corrected chi connectivity index (χ0v) is 13.1. The van der Waals surface area contributed by atoms with Crippen LogP contribution in [0.5, 0.6) is 0 Å². The van der Waals surface area contributed by atoms with Crippen LogP contribution in [0.4, 0.5) is 0 Å². The van der Waals surface area contributed by atoms with Crippen LogP contribution < -0.4 is 5.32 Å². The van der Waals surface area contributed by atoms with Gasteiger partial charge in [0, 0.05) is 15.5 Å². The lowest BCUT2D eigenvalue weighted by molar-refractivity contribution is 0.593. The lowest BCUT2D eigenvalue weighted by Crippen LogP contribution is -2.23. The van der Waals surface area contributed by atoms with Gasteiger partial charge in [-0.15, -0.1) is 11.3 Å². The first-order chi connectivity index (χ1) is 8.70. The quantitative estimate of drug-likeness (QED) is 0.853. The second kappa shape index (κ2) is 6.66. The molecule has 0 aliphatic heterocycles. The summed E-state index contributed by atoms with van der Waals surface area (Å²) in [4.78, 5) is 5.67. The number of halogens is 2. The summed E-state index contributed by atoms with van der Waals surface area (Å²) >= 11 is 11.0. The molecular weight excluding hydrogens is 332 g/mol. The number of nitrogens with one attached hydrogen (secondary N) is 1. The second-order valence-electron chi connectivity index (χ2n) is 3.93. The van der Waals surface area contributed by atoms with Crippen molar-refractivity contribution in [3.63, 3.8) is 0 Å². The van der Waals surface area contributed by atoms with E-state index in [2.05, 4.69) is 39.2 Å². The fourth-order valence-corrected chi connectivity index (χ4v) is 3.07. The summed E-state index contributed by atoms with van der Waals surface area (Å²) in [5, 5.41) is 3.51. The molecule has 0 aliphatic rings. The SMILES string of the molecule is CCCNC(c1ccc(Br)cn1)c1ccc(Cl)s1. The zero-order chi connectivity index (χ0) is 13.0. The first kappa shape index (κ1) is 14.0. The van der Waals surface area contributed by atoms with Crippen LogP contribution in [-0.4, -0.2) is 11.5 Å².